The molecular formula is C30H30N6. The largest absolute Gasteiger partial charge is 0.362 e. The van der Waals surface area contributed by atoms with Gasteiger partial charge in [0.2, 0.25) is 0 Å². The van der Waals surface area contributed by atoms with E-state index in [2.05, 4.69) is 103 Å². The van der Waals surface area contributed by atoms with E-state index in [1.807, 2.05) is 0 Å². The number of hydrogen-bond acceptors (Lipinski definition) is 0. The maximum atomic E-state index is 3.61. The van der Waals surface area contributed by atoms with E-state index in [1.165, 1.54) is 68.3 Å². The van der Waals surface area contributed by atoms with Crippen molar-refractivity contribution in [3.8, 4) is 0 Å². The first-order chi connectivity index (χ1) is 17.7. The molecule has 0 atom stereocenters. The van der Waals surface area contributed by atoms with Gasteiger partial charge in [0.25, 0.3) is 0 Å². The summed E-state index contributed by atoms with van der Waals surface area (Å²) in [6.45, 7) is 0. The highest BCUT2D eigenvalue weighted by Gasteiger charge is 2.10. The Morgan fingerprint density at radius 2 is 0.333 bits per heavy atom. The van der Waals surface area contributed by atoms with Crippen LogP contribution in [0.1, 0.15) is 68.3 Å². The Hall–Kier alpha value is -4.32. The molecule has 0 aromatic carbocycles. The lowest BCUT2D eigenvalue weighted by molar-refractivity contribution is 0.947. The molecule has 6 N–H and O–H groups in total. The van der Waals surface area contributed by atoms with Crippen LogP contribution in [0.5, 0.6) is 0 Å². The zero-order valence-corrected chi connectivity index (χ0v) is 20.2. The van der Waals surface area contributed by atoms with Gasteiger partial charge in [0.1, 0.15) is 0 Å². The smallest absolute Gasteiger partial charge is 0.0278 e. The Morgan fingerprint density at radius 1 is 0.222 bits per heavy atom. The second kappa shape index (κ2) is 8.72. The molecule has 6 heteroatoms. The van der Waals surface area contributed by atoms with E-state index in [-0.39, 0.29) is 0 Å². The number of H-pyrrole nitrogens is 6. The summed E-state index contributed by atoms with van der Waals surface area (Å²) in [4.78, 5) is 21.6. The SMILES string of the molecule is c1cc2[nH]c1Cc1ccc([nH]1)Cc1ccc([nH]1)Cc1ccc([nH]1)Cc1ccc([nH]1)Cc1ccc([nH]1)C2. The van der Waals surface area contributed by atoms with Crippen LogP contribution in [0.2, 0.25) is 0 Å². The molecule has 0 unspecified atom stereocenters. The fraction of sp³-hybridized carbons (Fsp3) is 0.200. The van der Waals surface area contributed by atoms with Crippen LogP contribution in [0.15, 0.2) is 72.8 Å². The fourth-order valence-electron chi connectivity index (χ4n) is 5.41. The Kier molecular flexibility index (Phi) is 5.09. The van der Waals surface area contributed by atoms with E-state index < -0.39 is 0 Å². The molecule has 0 radical (unpaired) electrons. The van der Waals surface area contributed by atoms with Gasteiger partial charge in [-0.15, -0.1) is 0 Å². The molecule has 7 rings (SSSR count). The lowest BCUT2D eigenvalue weighted by Gasteiger charge is -2.01. The third-order valence-corrected chi connectivity index (χ3v) is 7.13. The van der Waals surface area contributed by atoms with Crippen LogP contribution in [0.4, 0.5) is 0 Å². The van der Waals surface area contributed by atoms with E-state index in [9.17, 15) is 0 Å². The van der Waals surface area contributed by atoms with Gasteiger partial charge in [-0.2, -0.15) is 0 Å². The molecule has 6 nitrogen and oxygen atoms in total. The number of rotatable bonds is 0. The number of aromatic nitrogens is 6. The van der Waals surface area contributed by atoms with Gasteiger partial charge < -0.3 is 29.9 Å². The minimum atomic E-state index is 0.871. The second-order valence-electron chi connectivity index (χ2n) is 10.1. The maximum absolute atomic E-state index is 3.61. The molecule has 0 amide bonds. The number of aromatic amines is 6. The molecular weight excluding hydrogens is 444 g/mol. The standard InChI is InChI=1S/C30H30N6/c1-2-20-14-22-5-6-24(33-22)16-26-9-10-28(35-26)18-30-12-11-29(36-30)17-27-8-7-25(34-27)15-23-4-3-21(32-23)13-19(1)31-20/h1-12,31-36H,13-18H2. The van der Waals surface area contributed by atoms with Crippen LogP contribution in [-0.2, 0) is 38.5 Å². The normalized spacial score (nSPS) is 14.0. The lowest BCUT2D eigenvalue weighted by atomic mass is 10.2. The van der Waals surface area contributed by atoms with E-state index in [1.54, 1.807) is 0 Å². The van der Waals surface area contributed by atoms with Crippen LogP contribution in [0.3, 0.4) is 0 Å². The molecule has 6 aromatic heterocycles. The van der Waals surface area contributed by atoms with Gasteiger partial charge in [0.15, 0.2) is 0 Å². The van der Waals surface area contributed by atoms with E-state index in [0.717, 1.165) is 38.5 Å². The predicted octanol–water partition coefficient (Wildman–Crippen LogP) is 5.51. The van der Waals surface area contributed by atoms with Crippen LogP contribution in [0.25, 0.3) is 0 Å². The summed E-state index contributed by atoms with van der Waals surface area (Å²) in [6.07, 6.45) is 5.23. The molecule has 1 aliphatic heterocycles. The molecule has 7 heterocycles. The fourth-order valence-corrected chi connectivity index (χ4v) is 5.41. The van der Waals surface area contributed by atoms with Crippen molar-refractivity contribution in [1.29, 1.82) is 0 Å². The topological polar surface area (TPSA) is 94.7 Å². The predicted molar refractivity (Wildman–Crippen MR) is 142 cm³/mol. The molecule has 12 bridgehead atoms. The summed E-state index contributed by atoms with van der Waals surface area (Å²) in [7, 11) is 0. The van der Waals surface area contributed by atoms with Crippen molar-refractivity contribution in [2.75, 3.05) is 0 Å². The lowest BCUT2D eigenvalue weighted by Crippen LogP contribution is -1.96. The van der Waals surface area contributed by atoms with Gasteiger partial charge in [-0.05, 0) is 72.8 Å². The van der Waals surface area contributed by atoms with Crippen molar-refractivity contribution in [3.63, 3.8) is 0 Å². The summed E-state index contributed by atoms with van der Waals surface area (Å²) in [5, 5.41) is 0. The van der Waals surface area contributed by atoms with Gasteiger partial charge in [-0.25, -0.2) is 0 Å². The van der Waals surface area contributed by atoms with Gasteiger partial charge >= 0.3 is 0 Å². The monoisotopic (exact) mass is 474 g/mol. The van der Waals surface area contributed by atoms with Crippen LogP contribution in [0, 0.1) is 0 Å². The quantitative estimate of drug-likeness (QED) is 0.167. The Bertz CT molecular complexity index is 1200. The van der Waals surface area contributed by atoms with Crippen molar-refractivity contribution in [3.05, 3.63) is 141 Å². The summed E-state index contributed by atoms with van der Waals surface area (Å²) < 4.78 is 0. The minimum absolute atomic E-state index is 0.871. The Labute approximate surface area is 209 Å². The van der Waals surface area contributed by atoms with Crippen molar-refractivity contribution >= 4 is 0 Å². The van der Waals surface area contributed by atoms with Gasteiger partial charge in [0.05, 0.1) is 0 Å². The summed E-state index contributed by atoms with van der Waals surface area (Å²) >= 11 is 0. The third kappa shape index (κ3) is 4.50. The molecule has 0 fully saturated rings. The molecule has 36 heavy (non-hydrogen) atoms. The summed E-state index contributed by atoms with van der Waals surface area (Å²) in [5.41, 5.74) is 14.7. The van der Waals surface area contributed by atoms with E-state index in [4.69, 9.17) is 0 Å². The zero-order valence-electron chi connectivity index (χ0n) is 20.2. The molecule has 0 saturated heterocycles. The van der Waals surface area contributed by atoms with Crippen LogP contribution < -0.4 is 0 Å². The molecule has 1 aliphatic rings. The molecule has 180 valence electrons. The van der Waals surface area contributed by atoms with Crippen molar-refractivity contribution in [2.45, 2.75) is 38.5 Å². The molecule has 6 aromatic rings. The zero-order chi connectivity index (χ0) is 23.9. The average molecular weight is 475 g/mol. The van der Waals surface area contributed by atoms with Gasteiger partial charge in [-0.3, -0.25) is 0 Å². The Balaban J connectivity index is 1.18. The van der Waals surface area contributed by atoms with Gasteiger partial charge in [-0.1, -0.05) is 0 Å². The van der Waals surface area contributed by atoms with Crippen LogP contribution >= 0.6 is 0 Å². The number of fused-ring (bicyclic) bond motifs is 12. The Morgan fingerprint density at radius 3 is 0.444 bits per heavy atom. The van der Waals surface area contributed by atoms with Gasteiger partial charge in [0, 0.05) is 107 Å². The summed E-state index contributed by atoms with van der Waals surface area (Å²) in [5.74, 6) is 0. The maximum Gasteiger partial charge on any atom is 0.0278 e. The number of nitrogens with one attached hydrogen (secondary N) is 6. The molecule has 0 saturated carbocycles. The first-order valence-corrected chi connectivity index (χ1v) is 12.7. The van der Waals surface area contributed by atoms with E-state index in [0.29, 0.717) is 0 Å². The number of hydrogen-bond donors (Lipinski definition) is 6. The first-order valence-electron chi connectivity index (χ1n) is 12.7. The van der Waals surface area contributed by atoms with Crippen molar-refractivity contribution < 1.29 is 0 Å². The highest BCUT2D eigenvalue weighted by atomic mass is 14.8. The highest BCUT2D eigenvalue weighted by Crippen LogP contribution is 2.18. The second-order valence-corrected chi connectivity index (χ2v) is 10.1. The average Bonchev–Trinajstić information content (AvgIpc) is 3.68. The third-order valence-electron chi connectivity index (χ3n) is 7.13. The minimum Gasteiger partial charge on any atom is -0.362 e. The summed E-state index contributed by atoms with van der Waals surface area (Å²) in [6, 6.07) is 26.4. The van der Waals surface area contributed by atoms with Crippen molar-refractivity contribution in [1.82, 2.24) is 29.9 Å². The highest BCUT2D eigenvalue weighted by molar-refractivity contribution is 5.30. The molecule has 0 aliphatic carbocycles. The van der Waals surface area contributed by atoms with Crippen LogP contribution in [-0.4, -0.2) is 29.9 Å². The first kappa shape index (κ1) is 21.0. The molecule has 0 spiro atoms. The van der Waals surface area contributed by atoms with Crippen molar-refractivity contribution in [2.24, 2.45) is 0 Å². The van der Waals surface area contributed by atoms with E-state index >= 15 is 0 Å².